The van der Waals surface area contributed by atoms with Crippen molar-refractivity contribution in [1.82, 2.24) is 0 Å². The van der Waals surface area contributed by atoms with Crippen LogP contribution >= 0.6 is 0 Å². The van der Waals surface area contributed by atoms with Crippen molar-refractivity contribution in [2.24, 2.45) is 0 Å². The molecule has 0 amide bonds. The molecule has 40 heavy (non-hydrogen) atoms. The maximum absolute atomic E-state index is 10.3. The van der Waals surface area contributed by atoms with Crippen molar-refractivity contribution in [2.75, 3.05) is 0 Å². The zero-order valence-corrected chi connectivity index (χ0v) is 21.4. The van der Waals surface area contributed by atoms with E-state index >= 15 is 0 Å². The van der Waals surface area contributed by atoms with Gasteiger partial charge in [-0.2, -0.15) is 5.26 Å². The fraction of sp³-hybridized carbons (Fsp3) is 0. The van der Waals surface area contributed by atoms with Gasteiger partial charge in [0.05, 0.1) is 11.6 Å². The van der Waals surface area contributed by atoms with Gasteiger partial charge in [0.25, 0.3) is 0 Å². The lowest BCUT2D eigenvalue weighted by Gasteiger charge is -2.15. The molecule has 0 saturated heterocycles. The first-order valence-corrected chi connectivity index (χ1v) is 13.2. The summed E-state index contributed by atoms with van der Waals surface area (Å²) >= 11 is 0. The first-order chi connectivity index (χ1) is 19.8. The molecule has 8 aromatic rings. The van der Waals surface area contributed by atoms with E-state index in [4.69, 9.17) is 8.83 Å². The number of furan rings is 2. The number of rotatable bonds is 3. The Morgan fingerprint density at radius 3 is 1.90 bits per heavy atom. The van der Waals surface area contributed by atoms with Gasteiger partial charge in [-0.15, -0.1) is 0 Å². The van der Waals surface area contributed by atoms with Gasteiger partial charge in [-0.25, -0.2) is 0 Å². The number of nitrogens with zero attached hydrogens (tertiary/aromatic N) is 1. The predicted molar refractivity (Wildman–Crippen MR) is 162 cm³/mol. The molecule has 0 aliphatic rings. The lowest BCUT2D eigenvalue weighted by Crippen LogP contribution is -1.92. The molecule has 0 unspecified atom stereocenters. The summed E-state index contributed by atoms with van der Waals surface area (Å²) in [6.45, 7) is 0. The first-order valence-electron chi connectivity index (χ1n) is 13.2. The Labute approximate surface area is 230 Å². The second-order valence-corrected chi connectivity index (χ2v) is 10.0. The van der Waals surface area contributed by atoms with Crippen LogP contribution in [0.3, 0.4) is 0 Å². The highest BCUT2D eigenvalue weighted by Gasteiger charge is 2.19. The zero-order chi connectivity index (χ0) is 26.6. The number of benzene rings is 6. The van der Waals surface area contributed by atoms with Crippen LogP contribution in [0.2, 0.25) is 0 Å². The van der Waals surface area contributed by atoms with Crippen molar-refractivity contribution in [1.29, 1.82) is 5.26 Å². The SMILES string of the molecule is N#Cc1cc(-c2cccc3c2oc2ccccc23)c(-c2ccc3c(c2)oc2ccccc23)cc1-c1ccccc1. The third kappa shape index (κ3) is 3.37. The lowest BCUT2D eigenvalue weighted by atomic mass is 9.87. The second-order valence-electron chi connectivity index (χ2n) is 10.0. The van der Waals surface area contributed by atoms with Crippen LogP contribution in [0.15, 0.2) is 136 Å². The van der Waals surface area contributed by atoms with E-state index in [0.717, 1.165) is 77.3 Å². The molecule has 0 bridgehead atoms. The molecular weight excluding hydrogens is 490 g/mol. The normalized spacial score (nSPS) is 11.5. The van der Waals surface area contributed by atoms with E-state index in [9.17, 15) is 5.26 Å². The van der Waals surface area contributed by atoms with E-state index in [1.807, 2.05) is 72.8 Å². The van der Waals surface area contributed by atoms with Gasteiger partial charge >= 0.3 is 0 Å². The minimum absolute atomic E-state index is 0.614. The Morgan fingerprint density at radius 2 is 1.10 bits per heavy atom. The van der Waals surface area contributed by atoms with Crippen molar-refractivity contribution in [3.8, 4) is 39.4 Å². The lowest BCUT2D eigenvalue weighted by molar-refractivity contribution is 0.669. The van der Waals surface area contributed by atoms with Gasteiger partial charge in [-0.3, -0.25) is 0 Å². The van der Waals surface area contributed by atoms with E-state index in [2.05, 4.69) is 60.7 Å². The molecule has 2 aromatic heterocycles. The maximum atomic E-state index is 10.3. The molecule has 2 heterocycles. The van der Waals surface area contributed by atoms with Gasteiger partial charge in [-0.05, 0) is 58.7 Å². The van der Waals surface area contributed by atoms with Crippen LogP contribution in [-0.2, 0) is 0 Å². The molecule has 6 aromatic carbocycles. The van der Waals surface area contributed by atoms with Gasteiger partial charge in [0.2, 0.25) is 0 Å². The number of hydrogen-bond acceptors (Lipinski definition) is 3. The van der Waals surface area contributed by atoms with Crippen LogP contribution in [0.25, 0.3) is 77.3 Å². The van der Waals surface area contributed by atoms with Crippen LogP contribution in [-0.4, -0.2) is 0 Å². The van der Waals surface area contributed by atoms with Crippen molar-refractivity contribution < 1.29 is 8.83 Å². The fourth-order valence-electron chi connectivity index (χ4n) is 5.86. The summed E-state index contributed by atoms with van der Waals surface area (Å²) < 4.78 is 12.7. The molecule has 0 aliphatic carbocycles. The maximum Gasteiger partial charge on any atom is 0.143 e. The van der Waals surface area contributed by atoms with Crippen LogP contribution < -0.4 is 0 Å². The minimum atomic E-state index is 0.614. The van der Waals surface area contributed by atoms with Crippen LogP contribution in [0.4, 0.5) is 0 Å². The van der Waals surface area contributed by atoms with Crippen LogP contribution in [0.5, 0.6) is 0 Å². The molecule has 0 spiro atoms. The highest BCUT2D eigenvalue weighted by molar-refractivity contribution is 6.11. The Bertz CT molecular complexity index is 2280. The molecule has 0 N–H and O–H groups in total. The van der Waals surface area contributed by atoms with E-state index in [0.29, 0.717) is 5.56 Å². The highest BCUT2D eigenvalue weighted by Crippen LogP contribution is 2.43. The van der Waals surface area contributed by atoms with Crippen molar-refractivity contribution in [3.63, 3.8) is 0 Å². The van der Waals surface area contributed by atoms with Crippen molar-refractivity contribution >= 4 is 43.9 Å². The Morgan fingerprint density at radius 1 is 0.425 bits per heavy atom. The van der Waals surface area contributed by atoms with Crippen LogP contribution in [0.1, 0.15) is 5.56 Å². The monoisotopic (exact) mass is 511 g/mol. The summed E-state index contributed by atoms with van der Waals surface area (Å²) in [6.07, 6.45) is 0. The van der Waals surface area contributed by atoms with E-state index in [1.165, 1.54) is 0 Å². The van der Waals surface area contributed by atoms with Crippen LogP contribution in [0, 0.1) is 11.3 Å². The predicted octanol–water partition coefficient (Wildman–Crippen LogP) is 10.4. The summed E-state index contributed by atoms with van der Waals surface area (Å²) in [7, 11) is 0. The second kappa shape index (κ2) is 8.73. The molecule has 3 nitrogen and oxygen atoms in total. The molecule has 3 heteroatoms. The summed E-state index contributed by atoms with van der Waals surface area (Å²) in [5.41, 5.74) is 9.77. The van der Waals surface area contributed by atoms with Gasteiger partial charge < -0.3 is 8.83 Å². The summed E-state index contributed by atoms with van der Waals surface area (Å²) in [5, 5.41) is 14.6. The smallest absolute Gasteiger partial charge is 0.143 e. The Kier molecular flexibility index (Phi) is 4.89. The molecule has 8 rings (SSSR count). The van der Waals surface area contributed by atoms with E-state index in [1.54, 1.807) is 0 Å². The van der Waals surface area contributed by atoms with Gasteiger partial charge in [-0.1, -0.05) is 91.0 Å². The minimum Gasteiger partial charge on any atom is -0.456 e. The van der Waals surface area contributed by atoms with Gasteiger partial charge in [0, 0.05) is 32.7 Å². The molecule has 0 radical (unpaired) electrons. The van der Waals surface area contributed by atoms with E-state index < -0.39 is 0 Å². The number of para-hydroxylation sites is 3. The average molecular weight is 512 g/mol. The summed E-state index contributed by atoms with van der Waals surface area (Å²) in [5.74, 6) is 0. The quantitative estimate of drug-likeness (QED) is 0.237. The number of fused-ring (bicyclic) bond motifs is 6. The third-order valence-electron chi connectivity index (χ3n) is 7.75. The van der Waals surface area contributed by atoms with Crippen molar-refractivity contribution in [3.05, 3.63) is 133 Å². The molecule has 186 valence electrons. The van der Waals surface area contributed by atoms with Gasteiger partial charge in [0.1, 0.15) is 22.3 Å². The molecule has 0 fully saturated rings. The third-order valence-corrected chi connectivity index (χ3v) is 7.75. The largest absolute Gasteiger partial charge is 0.456 e. The Hall–Kier alpha value is -5.59. The zero-order valence-electron chi connectivity index (χ0n) is 21.4. The average Bonchev–Trinajstić information content (AvgIpc) is 3.59. The topological polar surface area (TPSA) is 50.1 Å². The summed E-state index contributed by atoms with van der Waals surface area (Å²) in [4.78, 5) is 0. The molecule has 0 saturated carbocycles. The molecular formula is C37H21NO2. The number of nitriles is 1. The molecule has 0 atom stereocenters. The molecule has 0 aliphatic heterocycles. The van der Waals surface area contributed by atoms with Gasteiger partial charge in [0.15, 0.2) is 0 Å². The highest BCUT2D eigenvalue weighted by atomic mass is 16.3. The standard InChI is InChI=1S/C37H21NO2/c38-22-25-19-33(30-14-8-13-29-27-12-5-7-16-35(27)40-37(29)30)32(21-31(25)23-9-2-1-3-10-23)24-17-18-28-26-11-4-6-15-34(26)39-36(28)20-24/h1-21H. The van der Waals surface area contributed by atoms with E-state index in [-0.39, 0.29) is 0 Å². The summed E-state index contributed by atoms with van der Waals surface area (Å²) in [6, 6.07) is 45.5. The fourth-order valence-corrected chi connectivity index (χ4v) is 5.86. The first kappa shape index (κ1) is 22.4. The Balaban J connectivity index is 1.45. The van der Waals surface area contributed by atoms with Crippen molar-refractivity contribution in [2.45, 2.75) is 0 Å². The number of hydrogen-bond donors (Lipinski definition) is 0.